The molecule has 106 valence electrons. The van der Waals surface area contributed by atoms with Gasteiger partial charge in [0.05, 0.1) is 0 Å². The Bertz CT molecular complexity index is 233. The van der Waals surface area contributed by atoms with E-state index in [1.807, 2.05) is 4.90 Å². The van der Waals surface area contributed by atoms with Gasteiger partial charge < -0.3 is 4.90 Å². The van der Waals surface area contributed by atoms with Crippen LogP contribution in [0.3, 0.4) is 0 Å². The van der Waals surface area contributed by atoms with Gasteiger partial charge in [-0.25, -0.2) is 0 Å². The van der Waals surface area contributed by atoms with Crippen LogP contribution in [0.5, 0.6) is 0 Å². The molecule has 18 heavy (non-hydrogen) atoms. The number of halogens is 1. The molecule has 1 saturated heterocycles. The highest BCUT2D eigenvalue weighted by molar-refractivity contribution is 6.18. The van der Waals surface area contributed by atoms with E-state index in [-0.39, 0.29) is 0 Å². The lowest BCUT2D eigenvalue weighted by molar-refractivity contribution is -0.127. The minimum Gasteiger partial charge on any atom is -0.342 e. The zero-order valence-electron chi connectivity index (χ0n) is 11.8. The first kappa shape index (κ1) is 15.8. The molecule has 0 aromatic heterocycles. The van der Waals surface area contributed by atoms with Crippen LogP contribution in [0.15, 0.2) is 0 Å². The second-order valence-corrected chi connectivity index (χ2v) is 5.85. The van der Waals surface area contributed by atoms with Crippen LogP contribution in [0, 0.1) is 5.92 Å². The molecular formula is C15H28ClNO. The predicted molar refractivity (Wildman–Crippen MR) is 78.0 cm³/mol. The summed E-state index contributed by atoms with van der Waals surface area (Å²) in [6, 6.07) is 0. The van der Waals surface area contributed by atoms with E-state index in [1.165, 1.54) is 44.9 Å². The van der Waals surface area contributed by atoms with Gasteiger partial charge in [0.1, 0.15) is 0 Å². The molecule has 1 atom stereocenters. The molecular weight excluding hydrogens is 246 g/mol. The number of rotatable bonds is 10. The molecule has 1 aliphatic heterocycles. The molecule has 0 spiro atoms. The van der Waals surface area contributed by atoms with E-state index in [0.29, 0.717) is 24.1 Å². The van der Waals surface area contributed by atoms with E-state index < -0.39 is 0 Å². The first-order valence-electron chi connectivity index (χ1n) is 7.61. The molecule has 0 bridgehead atoms. The number of alkyl halides is 1. The van der Waals surface area contributed by atoms with Gasteiger partial charge in [0.15, 0.2) is 0 Å². The smallest absolute Gasteiger partial charge is 0.222 e. The Morgan fingerprint density at radius 1 is 1.11 bits per heavy atom. The molecule has 0 saturated carbocycles. The van der Waals surface area contributed by atoms with Crippen molar-refractivity contribution in [2.45, 2.75) is 64.7 Å². The summed E-state index contributed by atoms with van der Waals surface area (Å²) in [7, 11) is 0. The normalized spacial score (nSPS) is 19.8. The number of carbonyl (C=O) groups is 1. The standard InChI is InChI=1S/C15H28ClNO/c1-2-3-4-5-6-7-8-9-10-17-13-14(12-16)11-15(17)18/h14H,2-13H2,1H3. The molecule has 0 aromatic carbocycles. The largest absolute Gasteiger partial charge is 0.342 e. The molecule has 0 N–H and O–H groups in total. The van der Waals surface area contributed by atoms with Crippen molar-refractivity contribution in [3.8, 4) is 0 Å². The Morgan fingerprint density at radius 3 is 2.28 bits per heavy atom. The molecule has 0 radical (unpaired) electrons. The van der Waals surface area contributed by atoms with Gasteiger partial charge >= 0.3 is 0 Å². The Morgan fingerprint density at radius 2 is 1.72 bits per heavy atom. The molecule has 1 unspecified atom stereocenters. The maximum absolute atomic E-state index is 11.6. The second-order valence-electron chi connectivity index (χ2n) is 5.54. The molecule has 1 aliphatic rings. The van der Waals surface area contributed by atoms with Crippen molar-refractivity contribution in [3.63, 3.8) is 0 Å². The van der Waals surface area contributed by atoms with E-state index in [1.54, 1.807) is 0 Å². The van der Waals surface area contributed by atoms with Crippen LogP contribution in [-0.2, 0) is 4.79 Å². The van der Waals surface area contributed by atoms with Gasteiger partial charge in [-0.05, 0) is 12.3 Å². The van der Waals surface area contributed by atoms with Crippen LogP contribution in [0.1, 0.15) is 64.7 Å². The highest BCUT2D eigenvalue weighted by Crippen LogP contribution is 2.19. The van der Waals surface area contributed by atoms with Crippen molar-refractivity contribution in [1.82, 2.24) is 4.90 Å². The fourth-order valence-electron chi connectivity index (χ4n) is 2.61. The highest BCUT2D eigenvalue weighted by Gasteiger charge is 2.27. The quantitative estimate of drug-likeness (QED) is 0.431. The Kier molecular flexibility index (Phi) is 8.49. The van der Waals surface area contributed by atoms with Crippen LogP contribution in [-0.4, -0.2) is 29.8 Å². The first-order chi connectivity index (χ1) is 8.77. The number of carbonyl (C=O) groups excluding carboxylic acids is 1. The molecule has 1 rings (SSSR count). The van der Waals surface area contributed by atoms with Crippen molar-refractivity contribution in [3.05, 3.63) is 0 Å². The summed E-state index contributed by atoms with van der Waals surface area (Å²) < 4.78 is 0. The topological polar surface area (TPSA) is 20.3 Å². The fraction of sp³-hybridized carbons (Fsp3) is 0.933. The van der Waals surface area contributed by atoms with E-state index >= 15 is 0 Å². The number of hydrogen-bond donors (Lipinski definition) is 0. The minimum atomic E-state index is 0.309. The number of amides is 1. The van der Waals surface area contributed by atoms with E-state index in [0.717, 1.165) is 19.5 Å². The van der Waals surface area contributed by atoms with Crippen molar-refractivity contribution >= 4 is 17.5 Å². The predicted octanol–water partition coefficient (Wildman–Crippen LogP) is 4.21. The van der Waals surface area contributed by atoms with Crippen LogP contribution in [0.25, 0.3) is 0 Å². The van der Waals surface area contributed by atoms with Gasteiger partial charge in [-0.1, -0.05) is 51.9 Å². The van der Waals surface area contributed by atoms with E-state index in [4.69, 9.17) is 11.6 Å². The second kappa shape index (κ2) is 9.66. The first-order valence-corrected chi connectivity index (χ1v) is 8.15. The van der Waals surface area contributed by atoms with Gasteiger partial charge in [-0.3, -0.25) is 4.79 Å². The molecule has 0 aliphatic carbocycles. The molecule has 1 amide bonds. The van der Waals surface area contributed by atoms with Gasteiger partial charge in [0.25, 0.3) is 0 Å². The van der Waals surface area contributed by atoms with E-state index in [9.17, 15) is 4.79 Å². The van der Waals surface area contributed by atoms with Crippen molar-refractivity contribution in [2.75, 3.05) is 19.0 Å². The summed E-state index contributed by atoms with van der Waals surface area (Å²) in [4.78, 5) is 13.7. The van der Waals surface area contributed by atoms with Gasteiger partial charge in [0, 0.05) is 25.4 Å². The Balaban J connectivity index is 1.93. The summed E-state index contributed by atoms with van der Waals surface area (Å²) in [5, 5.41) is 0. The number of likely N-dealkylation sites (tertiary alicyclic amines) is 1. The number of unbranched alkanes of at least 4 members (excludes halogenated alkanes) is 7. The van der Waals surface area contributed by atoms with Crippen LogP contribution < -0.4 is 0 Å². The third kappa shape index (κ3) is 6.08. The maximum atomic E-state index is 11.6. The SMILES string of the molecule is CCCCCCCCCCN1CC(CCl)CC1=O. The van der Waals surface area contributed by atoms with Crippen molar-refractivity contribution in [1.29, 1.82) is 0 Å². The molecule has 1 fully saturated rings. The van der Waals surface area contributed by atoms with E-state index in [2.05, 4.69) is 6.92 Å². The zero-order valence-corrected chi connectivity index (χ0v) is 12.6. The van der Waals surface area contributed by atoms with Gasteiger partial charge in [-0.2, -0.15) is 0 Å². The van der Waals surface area contributed by atoms with Crippen LogP contribution in [0.2, 0.25) is 0 Å². The third-order valence-electron chi connectivity index (χ3n) is 3.79. The van der Waals surface area contributed by atoms with Crippen LogP contribution in [0.4, 0.5) is 0 Å². The average molecular weight is 274 g/mol. The molecule has 3 heteroatoms. The zero-order chi connectivity index (χ0) is 13.2. The van der Waals surface area contributed by atoms with Crippen LogP contribution >= 0.6 is 11.6 Å². The summed E-state index contributed by atoms with van der Waals surface area (Å²) in [6.07, 6.45) is 11.2. The highest BCUT2D eigenvalue weighted by atomic mass is 35.5. The summed E-state index contributed by atoms with van der Waals surface area (Å²) in [5.41, 5.74) is 0. The Hall–Kier alpha value is -0.240. The lowest BCUT2D eigenvalue weighted by Gasteiger charge is -2.15. The average Bonchev–Trinajstić information content (AvgIpc) is 2.73. The van der Waals surface area contributed by atoms with Crippen molar-refractivity contribution in [2.24, 2.45) is 5.92 Å². The third-order valence-corrected chi connectivity index (χ3v) is 4.23. The van der Waals surface area contributed by atoms with Gasteiger partial charge in [-0.15, -0.1) is 11.6 Å². The van der Waals surface area contributed by atoms with Crippen molar-refractivity contribution < 1.29 is 4.79 Å². The summed E-state index contributed by atoms with van der Waals surface area (Å²) >= 11 is 5.80. The minimum absolute atomic E-state index is 0.309. The molecule has 0 aromatic rings. The Labute approximate surface area is 117 Å². The summed E-state index contributed by atoms with van der Waals surface area (Å²) in [6.45, 7) is 4.08. The van der Waals surface area contributed by atoms with Gasteiger partial charge in [0.2, 0.25) is 5.91 Å². The molecule has 1 heterocycles. The monoisotopic (exact) mass is 273 g/mol. The number of nitrogens with zero attached hydrogens (tertiary/aromatic N) is 1. The molecule has 2 nitrogen and oxygen atoms in total. The lowest BCUT2D eigenvalue weighted by atomic mass is 10.1. The summed E-state index contributed by atoms with van der Waals surface area (Å²) in [5.74, 6) is 1.33. The number of hydrogen-bond acceptors (Lipinski definition) is 1. The maximum Gasteiger partial charge on any atom is 0.222 e. The lowest BCUT2D eigenvalue weighted by Crippen LogP contribution is -2.26. The fourth-order valence-corrected chi connectivity index (χ4v) is 2.82.